The van der Waals surface area contributed by atoms with Crippen molar-refractivity contribution in [3.05, 3.63) is 142 Å². The Bertz CT molecular complexity index is 2930. The molecule has 0 saturated carbocycles. The van der Waals surface area contributed by atoms with Gasteiger partial charge >= 0.3 is 0 Å². The quantitative estimate of drug-likeness (QED) is 0.131. The Balaban J connectivity index is 1.26. The van der Waals surface area contributed by atoms with Crippen LogP contribution in [0.5, 0.6) is 11.5 Å². The van der Waals surface area contributed by atoms with Crippen molar-refractivity contribution < 1.29 is 9.47 Å². The normalized spacial score (nSPS) is 11.8. The molecular formula is C50H44N2O4. The third-order valence-corrected chi connectivity index (χ3v) is 11.5. The zero-order valence-electron chi connectivity index (χ0n) is 32.3. The van der Waals surface area contributed by atoms with E-state index in [0.29, 0.717) is 21.5 Å². The standard InChI is InChI=1S/C50H44N2O4/c1-5-7-21-51-45-19-15-37(31-9-11-35-25-39(55-3)17-13-33(35)23-31)27-41(45)49(53)43-30-48-44(29-47(43)51)50(54)42-28-38(16-20-46(42)52(48)22-8-6-2)32-10-12-36-26-40(56-4)18-14-34(36)24-32/h9-20,23-30H,5-8,21-22H2,1-4H3. The number of aryl methyl sites for hydroxylation is 2. The lowest BCUT2D eigenvalue weighted by Crippen LogP contribution is -2.16. The summed E-state index contributed by atoms with van der Waals surface area (Å²) in [6.07, 6.45) is 3.90. The van der Waals surface area contributed by atoms with Crippen LogP contribution in [0.3, 0.4) is 0 Å². The summed E-state index contributed by atoms with van der Waals surface area (Å²) in [5.41, 5.74) is 7.40. The molecule has 0 spiro atoms. The van der Waals surface area contributed by atoms with Crippen molar-refractivity contribution in [3.63, 3.8) is 0 Å². The minimum Gasteiger partial charge on any atom is -0.497 e. The van der Waals surface area contributed by atoms with E-state index < -0.39 is 0 Å². The highest BCUT2D eigenvalue weighted by Crippen LogP contribution is 2.33. The van der Waals surface area contributed by atoms with Crippen molar-refractivity contribution in [1.29, 1.82) is 0 Å². The van der Waals surface area contributed by atoms with Gasteiger partial charge < -0.3 is 18.6 Å². The topological polar surface area (TPSA) is 62.5 Å². The number of benzene rings is 7. The molecular weight excluding hydrogens is 693 g/mol. The van der Waals surface area contributed by atoms with Gasteiger partial charge in [-0.25, -0.2) is 0 Å². The third kappa shape index (κ3) is 5.97. The number of fused-ring (bicyclic) bond motifs is 6. The van der Waals surface area contributed by atoms with Crippen molar-refractivity contribution in [2.45, 2.75) is 52.6 Å². The summed E-state index contributed by atoms with van der Waals surface area (Å²) in [6, 6.07) is 41.4. The van der Waals surface area contributed by atoms with Crippen LogP contribution in [0.1, 0.15) is 39.5 Å². The highest BCUT2D eigenvalue weighted by molar-refractivity contribution is 6.05. The zero-order chi connectivity index (χ0) is 38.5. The predicted octanol–water partition coefficient (Wildman–Crippen LogP) is 11.9. The molecule has 0 aliphatic carbocycles. The summed E-state index contributed by atoms with van der Waals surface area (Å²) in [5, 5.41) is 7.05. The molecule has 6 heteroatoms. The van der Waals surface area contributed by atoms with Crippen LogP contribution in [-0.2, 0) is 13.1 Å². The predicted molar refractivity (Wildman–Crippen MR) is 234 cm³/mol. The maximum atomic E-state index is 14.7. The second-order valence-corrected chi connectivity index (χ2v) is 14.9. The van der Waals surface area contributed by atoms with Gasteiger partial charge in [-0.3, -0.25) is 9.59 Å². The molecule has 9 aromatic rings. The van der Waals surface area contributed by atoms with Crippen LogP contribution in [0.25, 0.3) is 87.4 Å². The monoisotopic (exact) mass is 736 g/mol. The molecule has 9 rings (SSSR count). The SMILES string of the molecule is CCCCn1c2ccc(-c3ccc4cc(OC)ccc4c3)cc2c(=O)c2cc3c(cc21)c(=O)c1cc(-c2ccc4cc(OC)ccc4c2)ccc1n3CCCC. The number of hydrogen-bond donors (Lipinski definition) is 0. The van der Waals surface area contributed by atoms with Gasteiger partial charge in [0.25, 0.3) is 0 Å². The maximum absolute atomic E-state index is 14.7. The van der Waals surface area contributed by atoms with Gasteiger partial charge in [-0.05, 0) is 129 Å². The first-order valence-electron chi connectivity index (χ1n) is 19.7. The highest BCUT2D eigenvalue weighted by atomic mass is 16.5. The molecule has 2 heterocycles. The smallest absolute Gasteiger partial charge is 0.197 e. The number of rotatable bonds is 10. The van der Waals surface area contributed by atoms with Crippen LogP contribution < -0.4 is 20.3 Å². The first-order chi connectivity index (χ1) is 27.4. The molecule has 0 unspecified atom stereocenters. The summed E-state index contributed by atoms with van der Waals surface area (Å²) < 4.78 is 15.4. The van der Waals surface area contributed by atoms with E-state index in [-0.39, 0.29) is 10.9 Å². The van der Waals surface area contributed by atoms with E-state index in [2.05, 4.69) is 95.8 Å². The summed E-state index contributed by atoms with van der Waals surface area (Å²) in [5.74, 6) is 1.65. The number of hydrogen-bond acceptors (Lipinski definition) is 4. The molecule has 278 valence electrons. The van der Waals surface area contributed by atoms with E-state index in [9.17, 15) is 9.59 Å². The summed E-state index contributed by atoms with van der Waals surface area (Å²) in [6.45, 7) is 5.83. The molecule has 2 aromatic heterocycles. The van der Waals surface area contributed by atoms with E-state index in [1.165, 1.54) is 0 Å². The van der Waals surface area contributed by atoms with Crippen molar-refractivity contribution in [2.75, 3.05) is 14.2 Å². The molecule has 0 fully saturated rings. The molecule has 0 aliphatic rings. The first-order valence-corrected chi connectivity index (χ1v) is 19.7. The average Bonchev–Trinajstić information content (AvgIpc) is 3.25. The summed E-state index contributed by atoms with van der Waals surface area (Å²) in [7, 11) is 3.36. The molecule has 56 heavy (non-hydrogen) atoms. The Kier molecular flexibility index (Phi) is 9.05. The highest BCUT2D eigenvalue weighted by Gasteiger charge is 2.18. The van der Waals surface area contributed by atoms with Gasteiger partial charge in [0, 0.05) is 34.6 Å². The van der Waals surface area contributed by atoms with E-state index >= 15 is 0 Å². The Morgan fingerprint density at radius 3 is 1.18 bits per heavy atom. The largest absolute Gasteiger partial charge is 0.497 e. The molecule has 0 amide bonds. The van der Waals surface area contributed by atoms with E-state index in [0.717, 1.165) is 116 Å². The lowest BCUT2D eigenvalue weighted by Gasteiger charge is -2.19. The van der Waals surface area contributed by atoms with Gasteiger partial charge in [0.1, 0.15) is 11.5 Å². The van der Waals surface area contributed by atoms with Gasteiger partial charge in [0.15, 0.2) is 10.9 Å². The van der Waals surface area contributed by atoms with Gasteiger partial charge in [-0.1, -0.05) is 75.2 Å². The van der Waals surface area contributed by atoms with Crippen LogP contribution in [-0.4, -0.2) is 23.4 Å². The van der Waals surface area contributed by atoms with Crippen LogP contribution in [0.2, 0.25) is 0 Å². The average molecular weight is 737 g/mol. The molecule has 0 bridgehead atoms. The summed E-state index contributed by atoms with van der Waals surface area (Å²) in [4.78, 5) is 29.4. The molecule has 6 nitrogen and oxygen atoms in total. The summed E-state index contributed by atoms with van der Waals surface area (Å²) >= 11 is 0. The van der Waals surface area contributed by atoms with Crippen molar-refractivity contribution in [2.24, 2.45) is 0 Å². The van der Waals surface area contributed by atoms with Crippen LogP contribution in [0.15, 0.2) is 131 Å². The zero-order valence-corrected chi connectivity index (χ0v) is 32.3. The van der Waals surface area contributed by atoms with Crippen molar-refractivity contribution in [3.8, 4) is 33.8 Å². The number of unbranched alkanes of at least 4 members (excludes halogenated alkanes) is 2. The van der Waals surface area contributed by atoms with Crippen molar-refractivity contribution >= 4 is 65.2 Å². The Labute approximate surface area is 325 Å². The van der Waals surface area contributed by atoms with Crippen LogP contribution >= 0.6 is 0 Å². The lowest BCUT2D eigenvalue weighted by molar-refractivity contribution is 0.415. The Hall–Kier alpha value is -6.40. The Morgan fingerprint density at radius 2 is 0.768 bits per heavy atom. The fraction of sp³-hybridized carbons (Fsp3) is 0.200. The van der Waals surface area contributed by atoms with E-state index in [1.807, 2.05) is 48.5 Å². The molecule has 7 aromatic carbocycles. The molecule has 0 saturated heterocycles. The molecule has 0 atom stereocenters. The van der Waals surface area contributed by atoms with Crippen LogP contribution in [0, 0.1) is 0 Å². The minimum atomic E-state index is -0.0177. The number of nitrogens with zero attached hydrogens (tertiary/aromatic N) is 2. The number of aromatic nitrogens is 2. The second kappa shape index (κ2) is 14.3. The lowest BCUT2D eigenvalue weighted by atomic mass is 9.97. The van der Waals surface area contributed by atoms with Crippen molar-refractivity contribution in [1.82, 2.24) is 9.13 Å². The number of ether oxygens (including phenoxy) is 2. The Morgan fingerprint density at radius 1 is 0.411 bits per heavy atom. The van der Waals surface area contributed by atoms with Crippen LogP contribution in [0.4, 0.5) is 0 Å². The maximum Gasteiger partial charge on any atom is 0.197 e. The number of pyridine rings is 2. The van der Waals surface area contributed by atoms with Gasteiger partial charge in [-0.15, -0.1) is 0 Å². The van der Waals surface area contributed by atoms with E-state index in [4.69, 9.17) is 9.47 Å². The fourth-order valence-electron chi connectivity index (χ4n) is 8.38. The number of methoxy groups -OCH3 is 2. The van der Waals surface area contributed by atoms with Gasteiger partial charge in [0.2, 0.25) is 0 Å². The molecule has 0 radical (unpaired) electrons. The third-order valence-electron chi connectivity index (χ3n) is 11.5. The van der Waals surface area contributed by atoms with E-state index in [1.54, 1.807) is 14.2 Å². The van der Waals surface area contributed by atoms with Gasteiger partial charge in [-0.2, -0.15) is 0 Å². The fourth-order valence-corrected chi connectivity index (χ4v) is 8.38. The molecule has 0 N–H and O–H groups in total. The molecule has 0 aliphatic heterocycles. The van der Waals surface area contributed by atoms with Gasteiger partial charge in [0.05, 0.1) is 36.3 Å². The first kappa shape index (κ1) is 35.3. The minimum absolute atomic E-state index is 0.0177. The second-order valence-electron chi connectivity index (χ2n) is 14.9.